The van der Waals surface area contributed by atoms with Crippen molar-refractivity contribution in [1.29, 1.82) is 0 Å². The predicted molar refractivity (Wildman–Crippen MR) is 52.6 cm³/mol. The van der Waals surface area contributed by atoms with Crippen LogP contribution in [0.1, 0.15) is 19.5 Å². The minimum absolute atomic E-state index is 0.367. The summed E-state index contributed by atoms with van der Waals surface area (Å²) in [5.74, 6) is 1.16. The van der Waals surface area contributed by atoms with E-state index in [9.17, 15) is 13.2 Å². The Bertz CT molecular complexity index is 325. The summed E-state index contributed by atoms with van der Waals surface area (Å²) < 4.78 is 36.8. The van der Waals surface area contributed by atoms with Gasteiger partial charge in [0.1, 0.15) is 12.0 Å². The fourth-order valence-corrected chi connectivity index (χ4v) is 1.65. The molecule has 1 heterocycles. The molecule has 0 amide bonds. The average Bonchev–Trinajstić information content (AvgIpc) is 2.14. The van der Waals surface area contributed by atoms with Crippen molar-refractivity contribution >= 4 is 11.8 Å². The van der Waals surface area contributed by atoms with Gasteiger partial charge in [-0.25, -0.2) is 9.97 Å². The molecule has 0 unspecified atom stereocenters. The van der Waals surface area contributed by atoms with Gasteiger partial charge in [-0.15, -0.1) is 11.8 Å². The van der Waals surface area contributed by atoms with Crippen LogP contribution in [-0.2, 0) is 6.18 Å². The second-order valence-electron chi connectivity index (χ2n) is 3.44. The normalized spacial score (nSPS) is 12.1. The number of halogens is 3. The highest BCUT2D eigenvalue weighted by atomic mass is 32.2. The van der Waals surface area contributed by atoms with E-state index in [1.807, 2.05) is 13.8 Å². The van der Waals surface area contributed by atoms with Gasteiger partial charge in [0.15, 0.2) is 0 Å². The van der Waals surface area contributed by atoms with Crippen LogP contribution in [0.2, 0.25) is 0 Å². The molecule has 1 aromatic rings. The molecule has 1 rings (SSSR count). The maximum atomic E-state index is 12.3. The fourth-order valence-electron chi connectivity index (χ4n) is 0.825. The van der Waals surface area contributed by atoms with Gasteiger partial charge in [0.05, 0.1) is 5.03 Å². The minimum atomic E-state index is -4.39. The zero-order chi connectivity index (χ0) is 11.5. The number of nitrogens with zero attached hydrogens (tertiary/aromatic N) is 2. The minimum Gasteiger partial charge on any atom is -0.232 e. The summed E-state index contributed by atoms with van der Waals surface area (Å²) in [5, 5.41) is 0.367. The highest BCUT2D eigenvalue weighted by Gasteiger charge is 2.32. The van der Waals surface area contributed by atoms with Crippen molar-refractivity contribution in [1.82, 2.24) is 9.97 Å². The first-order valence-corrected chi connectivity index (χ1v) is 5.40. The molecule has 0 N–H and O–H groups in total. The van der Waals surface area contributed by atoms with Crippen LogP contribution in [0.5, 0.6) is 0 Å². The van der Waals surface area contributed by atoms with Crippen LogP contribution >= 0.6 is 11.8 Å². The molecule has 0 aliphatic heterocycles. The van der Waals surface area contributed by atoms with E-state index in [4.69, 9.17) is 0 Å². The van der Waals surface area contributed by atoms with Gasteiger partial charge < -0.3 is 0 Å². The second kappa shape index (κ2) is 4.83. The number of aromatic nitrogens is 2. The van der Waals surface area contributed by atoms with Crippen molar-refractivity contribution in [3.63, 3.8) is 0 Å². The standard InChI is InChI=1S/C9H11F3N2S/c1-6(2)4-15-8-3-7(9(10,11)12)13-5-14-8/h3,5-6H,4H2,1-2H3. The summed E-state index contributed by atoms with van der Waals surface area (Å²) in [6.45, 7) is 4.00. The summed E-state index contributed by atoms with van der Waals surface area (Å²) in [6, 6.07) is 0.979. The molecular weight excluding hydrogens is 225 g/mol. The average molecular weight is 236 g/mol. The molecule has 0 spiro atoms. The van der Waals surface area contributed by atoms with Crippen LogP contribution in [0.4, 0.5) is 13.2 Å². The van der Waals surface area contributed by atoms with Crippen molar-refractivity contribution < 1.29 is 13.2 Å². The highest BCUT2D eigenvalue weighted by molar-refractivity contribution is 7.99. The lowest BCUT2D eigenvalue weighted by molar-refractivity contribution is -0.141. The van der Waals surface area contributed by atoms with Crippen LogP contribution in [-0.4, -0.2) is 15.7 Å². The maximum absolute atomic E-state index is 12.3. The van der Waals surface area contributed by atoms with Gasteiger partial charge in [-0.3, -0.25) is 0 Å². The summed E-state index contributed by atoms with van der Waals surface area (Å²) in [6.07, 6.45) is -3.44. The Kier molecular flexibility index (Phi) is 3.96. The lowest BCUT2D eigenvalue weighted by atomic mass is 10.3. The van der Waals surface area contributed by atoms with Gasteiger partial charge >= 0.3 is 6.18 Å². The molecule has 15 heavy (non-hydrogen) atoms. The molecule has 0 saturated heterocycles. The smallest absolute Gasteiger partial charge is 0.232 e. The molecule has 0 aromatic carbocycles. The first kappa shape index (κ1) is 12.3. The number of thioether (sulfide) groups is 1. The van der Waals surface area contributed by atoms with Gasteiger partial charge in [-0.2, -0.15) is 13.2 Å². The lowest BCUT2D eigenvalue weighted by Crippen LogP contribution is -2.08. The Labute approximate surface area is 90.3 Å². The SMILES string of the molecule is CC(C)CSc1cc(C(F)(F)F)ncn1. The largest absolute Gasteiger partial charge is 0.433 e. The number of hydrogen-bond donors (Lipinski definition) is 0. The molecule has 1 aromatic heterocycles. The molecule has 0 atom stereocenters. The maximum Gasteiger partial charge on any atom is 0.433 e. The summed E-state index contributed by atoms with van der Waals surface area (Å²) >= 11 is 1.31. The predicted octanol–water partition coefficient (Wildman–Crippen LogP) is 3.24. The van der Waals surface area contributed by atoms with Crippen LogP contribution in [0.3, 0.4) is 0 Å². The van der Waals surface area contributed by atoms with Crippen LogP contribution in [0.15, 0.2) is 17.4 Å². The molecule has 0 fully saturated rings. The molecule has 0 radical (unpaired) electrons. The third-order valence-corrected chi connectivity index (χ3v) is 2.85. The Balaban J connectivity index is 2.75. The zero-order valence-electron chi connectivity index (χ0n) is 8.38. The third-order valence-electron chi connectivity index (χ3n) is 1.50. The van der Waals surface area contributed by atoms with E-state index in [-0.39, 0.29) is 0 Å². The molecule has 6 heteroatoms. The van der Waals surface area contributed by atoms with Gasteiger partial charge in [0.25, 0.3) is 0 Å². The molecule has 0 saturated carbocycles. The molecule has 0 aliphatic rings. The van der Waals surface area contributed by atoms with Crippen molar-refractivity contribution in [2.24, 2.45) is 5.92 Å². The van der Waals surface area contributed by atoms with E-state index in [1.54, 1.807) is 0 Å². The van der Waals surface area contributed by atoms with E-state index < -0.39 is 11.9 Å². The molecule has 0 bridgehead atoms. The zero-order valence-corrected chi connectivity index (χ0v) is 9.19. The number of alkyl halides is 3. The van der Waals surface area contributed by atoms with Crippen molar-refractivity contribution in [2.45, 2.75) is 25.0 Å². The summed E-state index contributed by atoms with van der Waals surface area (Å²) in [5.41, 5.74) is -0.885. The van der Waals surface area contributed by atoms with E-state index in [2.05, 4.69) is 9.97 Å². The van der Waals surface area contributed by atoms with Crippen molar-refractivity contribution in [2.75, 3.05) is 5.75 Å². The van der Waals surface area contributed by atoms with Crippen molar-refractivity contribution in [3.8, 4) is 0 Å². The monoisotopic (exact) mass is 236 g/mol. The Morgan fingerprint density at radius 1 is 1.33 bits per heavy atom. The lowest BCUT2D eigenvalue weighted by Gasteiger charge is -2.07. The van der Waals surface area contributed by atoms with Gasteiger partial charge in [-0.05, 0) is 5.92 Å². The number of hydrogen-bond acceptors (Lipinski definition) is 3. The molecule has 2 nitrogen and oxygen atoms in total. The topological polar surface area (TPSA) is 25.8 Å². The van der Waals surface area contributed by atoms with E-state index >= 15 is 0 Å². The van der Waals surface area contributed by atoms with Crippen LogP contribution in [0, 0.1) is 5.92 Å². The fraction of sp³-hybridized carbons (Fsp3) is 0.556. The first-order valence-electron chi connectivity index (χ1n) is 4.41. The number of rotatable bonds is 3. The van der Waals surface area contributed by atoms with Gasteiger partial charge in [0, 0.05) is 11.8 Å². The summed E-state index contributed by atoms with van der Waals surface area (Å²) in [7, 11) is 0. The highest BCUT2D eigenvalue weighted by Crippen LogP contribution is 2.29. The van der Waals surface area contributed by atoms with Crippen LogP contribution in [0.25, 0.3) is 0 Å². The van der Waals surface area contributed by atoms with Crippen molar-refractivity contribution in [3.05, 3.63) is 18.1 Å². The molecular formula is C9H11F3N2S. The molecule has 0 aliphatic carbocycles. The van der Waals surface area contributed by atoms with E-state index in [1.165, 1.54) is 11.8 Å². The molecule has 84 valence electrons. The van der Waals surface area contributed by atoms with E-state index in [0.29, 0.717) is 10.9 Å². The van der Waals surface area contributed by atoms with Gasteiger partial charge in [0.2, 0.25) is 0 Å². The van der Waals surface area contributed by atoms with Gasteiger partial charge in [-0.1, -0.05) is 13.8 Å². The Hall–Kier alpha value is -0.780. The second-order valence-corrected chi connectivity index (χ2v) is 4.48. The van der Waals surface area contributed by atoms with E-state index in [0.717, 1.165) is 18.1 Å². The Morgan fingerprint density at radius 3 is 2.53 bits per heavy atom. The summed E-state index contributed by atoms with van der Waals surface area (Å²) in [4.78, 5) is 6.97. The third kappa shape index (κ3) is 4.07. The first-order chi connectivity index (χ1) is 6.89. The van der Waals surface area contributed by atoms with Crippen LogP contribution < -0.4 is 0 Å². The Morgan fingerprint density at radius 2 is 2.00 bits per heavy atom. The quantitative estimate of drug-likeness (QED) is 0.595.